The fourth-order valence-electron chi connectivity index (χ4n) is 2.26. The molecule has 0 aliphatic rings. The van der Waals surface area contributed by atoms with Gasteiger partial charge in [-0.1, -0.05) is 15.9 Å². The molecular weight excluding hydrogens is 379 g/mol. The predicted octanol–water partition coefficient (Wildman–Crippen LogP) is 2.74. The third-order valence-corrected chi connectivity index (χ3v) is 3.98. The molecule has 1 heterocycles. The summed E-state index contributed by atoms with van der Waals surface area (Å²) in [6, 6.07) is 11.0. The maximum absolute atomic E-state index is 13.2. The van der Waals surface area contributed by atoms with E-state index >= 15 is 0 Å². The van der Waals surface area contributed by atoms with E-state index in [4.69, 9.17) is 4.74 Å². The van der Waals surface area contributed by atoms with Gasteiger partial charge in [0.2, 0.25) is 0 Å². The van der Waals surface area contributed by atoms with Crippen LogP contribution in [0.1, 0.15) is 0 Å². The maximum atomic E-state index is 13.2. The first-order valence-corrected chi connectivity index (χ1v) is 8.03. The number of ether oxygens (including phenoxy) is 1. The highest BCUT2D eigenvalue weighted by molar-refractivity contribution is 9.10. The van der Waals surface area contributed by atoms with Gasteiger partial charge in [0, 0.05) is 10.5 Å². The second kappa shape index (κ2) is 7.11. The molecule has 1 atom stereocenters. The lowest BCUT2D eigenvalue weighted by molar-refractivity contribution is 0.0915. The van der Waals surface area contributed by atoms with Crippen molar-refractivity contribution in [2.45, 2.75) is 12.6 Å². The summed E-state index contributed by atoms with van der Waals surface area (Å²) in [5.74, 6) is 0.173. The van der Waals surface area contributed by atoms with Crippen LogP contribution in [-0.4, -0.2) is 27.4 Å². The highest BCUT2D eigenvalue weighted by Gasteiger charge is 2.10. The van der Waals surface area contributed by atoms with Crippen LogP contribution in [0.15, 0.2) is 58.1 Å². The number of hydrogen-bond donors (Lipinski definition) is 1. The van der Waals surface area contributed by atoms with E-state index in [2.05, 4.69) is 20.9 Å². The molecule has 0 saturated carbocycles. The molecule has 5 nitrogen and oxygen atoms in total. The lowest BCUT2D eigenvalue weighted by atomic mass is 10.2. The number of nitrogens with zero attached hydrogens (tertiary/aromatic N) is 2. The number of aromatic nitrogens is 2. The maximum Gasteiger partial charge on any atom is 0.261 e. The monoisotopic (exact) mass is 392 g/mol. The van der Waals surface area contributed by atoms with Gasteiger partial charge in [0.05, 0.1) is 23.8 Å². The van der Waals surface area contributed by atoms with Gasteiger partial charge in [-0.25, -0.2) is 9.37 Å². The quantitative estimate of drug-likeness (QED) is 0.724. The minimum atomic E-state index is -0.883. The Labute approximate surface area is 145 Å². The standard InChI is InChI=1S/C17H14BrFN2O3/c18-11-1-4-14(5-2-11)24-9-13(22)8-21-10-20-16-7-12(19)3-6-15(16)17(21)23/h1-7,10,13,22H,8-9H2/t13-/m0/s1. The number of fused-ring (bicyclic) bond motifs is 1. The molecule has 0 aliphatic carbocycles. The highest BCUT2D eigenvalue weighted by atomic mass is 79.9. The zero-order chi connectivity index (χ0) is 17.1. The van der Waals surface area contributed by atoms with E-state index in [1.54, 1.807) is 12.1 Å². The van der Waals surface area contributed by atoms with Crippen molar-refractivity contribution in [3.8, 4) is 5.75 Å². The molecule has 3 aromatic rings. The van der Waals surface area contributed by atoms with Crippen LogP contribution in [-0.2, 0) is 6.54 Å². The van der Waals surface area contributed by atoms with E-state index in [1.807, 2.05) is 12.1 Å². The lowest BCUT2D eigenvalue weighted by Crippen LogP contribution is -2.30. The van der Waals surface area contributed by atoms with Gasteiger partial charge in [-0.05, 0) is 36.4 Å². The molecule has 0 unspecified atom stereocenters. The van der Waals surface area contributed by atoms with Crippen LogP contribution in [0.3, 0.4) is 0 Å². The fourth-order valence-corrected chi connectivity index (χ4v) is 2.53. The van der Waals surface area contributed by atoms with Crippen molar-refractivity contribution in [3.05, 3.63) is 69.4 Å². The summed E-state index contributed by atoms with van der Waals surface area (Å²) < 4.78 is 20.9. The van der Waals surface area contributed by atoms with E-state index in [1.165, 1.54) is 29.1 Å². The zero-order valence-electron chi connectivity index (χ0n) is 12.5. The first-order chi connectivity index (χ1) is 11.5. The third kappa shape index (κ3) is 3.80. The topological polar surface area (TPSA) is 64.4 Å². The van der Waals surface area contributed by atoms with Crippen molar-refractivity contribution >= 4 is 26.8 Å². The molecule has 0 amide bonds. The van der Waals surface area contributed by atoms with E-state index in [9.17, 15) is 14.3 Å². The van der Waals surface area contributed by atoms with Crippen molar-refractivity contribution in [2.24, 2.45) is 0 Å². The third-order valence-electron chi connectivity index (χ3n) is 3.45. The summed E-state index contributed by atoms with van der Waals surface area (Å²) >= 11 is 3.33. The van der Waals surface area contributed by atoms with Crippen LogP contribution in [0, 0.1) is 5.82 Å². The van der Waals surface area contributed by atoms with Crippen LogP contribution in [0.2, 0.25) is 0 Å². The van der Waals surface area contributed by atoms with Gasteiger partial charge in [-0.3, -0.25) is 9.36 Å². The molecule has 0 saturated heterocycles. The van der Waals surface area contributed by atoms with Crippen molar-refractivity contribution in [2.75, 3.05) is 6.61 Å². The van der Waals surface area contributed by atoms with Crippen LogP contribution in [0.25, 0.3) is 10.9 Å². The number of benzene rings is 2. The van der Waals surface area contributed by atoms with Gasteiger partial charge in [0.15, 0.2) is 0 Å². The highest BCUT2D eigenvalue weighted by Crippen LogP contribution is 2.16. The summed E-state index contributed by atoms with van der Waals surface area (Å²) in [7, 11) is 0. The molecule has 2 aromatic carbocycles. The van der Waals surface area contributed by atoms with Crippen LogP contribution in [0.5, 0.6) is 5.75 Å². The minimum Gasteiger partial charge on any atom is -0.491 e. The van der Waals surface area contributed by atoms with Crippen molar-refractivity contribution in [1.29, 1.82) is 0 Å². The summed E-state index contributed by atoms with van der Waals surface area (Å²) in [5.41, 5.74) is -0.0421. The summed E-state index contributed by atoms with van der Waals surface area (Å²) in [5, 5.41) is 10.4. The Balaban J connectivity index is 1.70. The van der Waals surface area contributed by atoms with Crippen LogP contribution in [0.4, 0.5) is 4.39 Å². The molecular formula is C17H14BrFN2O3. The van der Waals surface area contributed by atoms with Gasteiger partial charge in [0.25, 0.3) is 5.56 Å². The Morgan fingerprint density at radius 2 is 2.00 bits per heavy atom. The average molecular weight is 393 g/mol. The van der Waals surface area contributed by atoms with Gasteiger partial charge >= 0.3 is 0 Å². The van der Waals surface area contributed by atoms with Gasteiger partial charge in [-0.2, -0.15) is 0 Å². The molecule has 0 spiro atoms. The molecule has 7 heteroatoms. The van der Waals surface area contributed by atoms with Gasteiger partial charge in [0.1, 0.15) is 24.3 Å². The molecule has 0 aliphatic heterocycles. The Morgan fingerprint density at radius 1 is 1.25 bits per heavy atom. The molecule has 0 bridgehead atoms. The van der Waals surface area contributed by atoms with E-state index < -0.39 is 11.9 Å². The Kier molecular flexibility index (Phi) is 4.92. The van der Waals surface area contributed by atoms with E-state index in [0.717, 1.165) is 4.47 Å². The molecule has 124 valence electrons. The molecule has 1 aromatic heterocycles. The van der Waals surface area contributed by atoms with E-state index in [0.29, 0.717) is 11.1 Å². The zero-order valence-corrected chi connectivity index (χ0v) is 14.1. The number of aliphatic hydroxyl groups is 1. The Morgan fingerprint density at radius 3 is 2.75 bits per heavy atom. The Bertz CT molecular complexity index is 912. The molecule has 0 radical (unpaired) electrons. The van der Waals surface area contributed by atoms with Crippen molar-refractivity contribution in [3.63, 3.8) is 0 Å². The number of aliphatic hydroxyl groups excluding tert-OH is 1. The van der Waals surface area contributed by atoms with Crippen LogP contribution >= 0.6 is 15.9 Å². The average Bonchev–Trinajstić information content (AvgIpc) is 2.57. The van der Waals surface area contributed by atoms with Crippen molar-refractivity contribution < 1.29 is 14.2 Å². The molecule has 24 heavy (non-hydrogen) atoms. The number of rotatable bonds is 5. The van der Waals surface area contributed by atoms with Crippen molar-refractivity contribution in [1.82, 2.24) is 9.55 Å². The van der Waals surface area contributed by atoms with Gasteiger partial charge < -0.3 is 9.84 Å². The molecule has 0 fully saturated rings. The number of hydrogen-bond acceptors (Lipinski definition) is 4. The minimum absolute atomic E-state index is 0.0372. The molecule has 3 rings (SSSR count). The SMILES string of the molecule is O=c1c2ccc(F)cc2ncn1C[C@H](O)COc1ccc(Br)cc1. The molecule has 1 N–H and O–H groups in total. The second-order valence-electron chi connectivity index (χ2n) is 5.28. The first-order valence-electron chi connectivity index (χ1n) is 7.24. The first kappa shape index (κ1) is 16.6. The smallest absolute Gasteiger partial charge is 0.261 e. The Hall–Kier alpha value is -2.25. The van der Waals surface area contributed by atoms with Crippen LogP contribution < -0.4 is 10.3 Å². The normalized spacial score (nSPS) is 12.3. The van der Waals surface area contributed by atoms with Gasteiger partial charge in [-0.15, -0.1) is 0 Å². The second-order valence-corrected chi connectivity index (χ2v) is 6.20. The van der Waals surface area contributed by atoms with E-state index in [-0.39, 0.29) is 24.2 Å². The number of halogens is 2. The summed E-state index contributed by atoms with van der Waals surface area (Å²) in [6.07, 6.45) is 0.415. The predicted molar refractivity (Wildman–Crippen MR) is 91.6 cm³/mol. The lowest BCUT2D eigenvalue weighted by Gasteiger charge is -2.14. The summed E-state index contributed by atoms with van der Waals surface area (Å²) in [4.78, 5) is 16.4. The fraction of sp³-hybridized carbons (Fsp3) is 0.176. The summed E-state index contributed by atoms with van der Waals surface area (Å²) in [6.45, 7) is 0.0746. The largest absolute Gasteiger partial charge is 0.491 e.